The molecule has 4 aromatic carbocycles. The minimum Gasteiger partial charge on any atom is -0.0654 e. The molecule has 0 N–H and O–H groups in total. The van der Waals surface area contributed by atoms with Crippen LogP contribution in [0.5, 0.6) is 0 Å². The quantitative estimate of drug-likeness (QED) is 0.110. The Morgan fingerprint density at radius 3 is 1.15 bits per heavy atom. The molecule has 250 valence electrons. The summed E-state index contributed by atoms with van der Waals surface area (Å²) < 4.78 is 0. The van der Waals surface area contributed by atoms with Crippen molar-refractivity contribution in [1.29, 1.82) is 0 Å². The van der Waals surface area contributed by atoms with Crippen molar-refractivity contribution in [2.75, 3.05) is 0 Å². The topological polar surface area (TPSA) is 0 Å². The van der Waals surface area contributed by atoms with E-state index in [2.05, 4.69) is 118 Å². The Hall–Kier alpha value is -2.60. The molecule has 4 aromatic rings. The van der Waals surface area contributed by atoms with Crippen molar-refractivity contribution < 1.29 is 0 Å². The summed E-state index contributed by atoms with van der Waals surface area (Å²) in [6.07, 6.45) is 15.0. The molecule has 0 saturated heterocycles. The molecular weight excluding hydrogens is 553 g/mol. The highest BCUT2D eigenvalue weighted by molar-refractivity contribution is 5.97. The van der Waals surface area contributed by atoms with Crippen molar-refractivity contribution in [2.24, 2.45) is 23.7 Å². The van der Waals surface area contributed by atoms with Crippen LogP contribution in [0.3, 0.4) is 0 Å². The lowest BCUT2D eigenvalue weighted by Gasteiger charge is -2.22. The van der Waals surface area contributed by atoms with Crippen LogP contribution in [0.15, 0.2) is 48.5 Å². The normalized spacial score (nSPS) is 13.4. The van der Waals surface area contributed by atoms with E-state index < -0.39 is 0 Å². The first-order chi connectivity index (χ1) is 22.1. The van der Waals surface area contributed by atoms with E-state index in [4.69, 9.17) is 0 Å². The molecule has 0 bridgehead atoms. The molecule has 0 radical (unpaired) electrons. The Morgan fingerprint density at radius 2 is 0.783 bits per heavy atom. The number of hydrogen-bond acceptors (Lipinski definition) is 0. The van der Waals surface area contributed by atoms with Gasteiger partial charge in [0.1, 0.15) is 0 Å². The van der Waals surface area contributed by atoms with Gasteiger partial charge in [0.2, 0.25) is 0 Å². The maximum absolute atomic E-state index is 2.60. The van der Waals surface area contributed by atoms with Crippen LogP contribution in [0, 0.1) is 37.5 Å². The van der Waals surface area contributed by atoms with E-state index in [-0.39, 0.29) is 0 Å². The Kier molecular flexibility index (Phi) is 13.4. The minimum atomic E-state index is 0.618. The number of unbranched alkanes of at least 4 members (excludes halogenated alkanes) is 2. The first-order valence-electron chi connectivity index (χ1n) is 19.2. The van der Waals surface area contributed by atoms with Crippen LogP contribution in [0.4, 0.5) is 0 Å². The third-order valence-electron chi connectivity index (χ3n) is 10.5. The van der Waals surface area contributed by atoms with Crippen LogP contribution >= 0.6 is 0 Å². The van der Waals surface area contributed by atoms with Gasteiger partial charge in [-0.15, -0.1) is 0 Å². The van der Waals surface area contributed by atoms with E-state index in [0.29, 0.717) is 11.8 Å². The van der Waals surface area contributed by atoms with Gasteiger partial charge < -0.3 is 0 Å². The lowest BCUT2D eigenvalue weighted by Crippen LogP contribution is -2.07. The van der Waals surface area contributed by atoms with Crippen molar-refractivity contribution in [3.8, 4) is 11.1 Å². The lowest BCUT2D eigenvalue weighted by molar-refractivity contribution is 0.449. The van der Waals surface area contributed by atoms with Crippen molar-refractivity contribution in [3.05, 3.63) is 81.9 Å². The Labute approximate surface area is 283 Å². The molecule has 0 fully saturated rings. The molecule has 0 heteroatoms. The average molecular weight is 619 g/mol. The van der Waals surface area contributed by atoms with E-state index in [9.17, 15) is 0 Å². The number of rotatable bonds is 17. The second-order valence-electron chi connectivity index (χ2n) is 15.7. The van der Waals surface area contributed by atoms with Crippen LogP contribution < -0.4 is 0 Å². The van der Waals surface area contributed by atoms with Gasteiger partial charge in [-0.1, -0.05) is 154 Å². The van der Waals surface area contributed by atoms with Crippen LogP contribution in [0.25, 0.3) is 32.7 Å². The second-order valence-corrected chi connectivity index (χ2v) is 15.7. The molecule has 0 spiro atoms. The smallest absolute Gasteiger partial charge is 0.0143 e. The van der Waals surface area contributed by atoms with Gasteiger partial charge >= 0.3 is 0 Å². The molecule has 0 aliphatic rings. The summed E-state index contributed by atoms with van der Waals surface area (Å²) in [5.41, 5.74) is 11.8. The van der Waals surface area contributed by atoms with Crippen LogP contribution in [0.2, 0.25) is 0 Å². The zero-order valence-electron chi connectivity index (χ0n) is 31.4. The van der Waals surface area contributed by atoms with Crippen LogP contribution in [-0.4, -0.2) is 0 Å². The molecule has 0 aliphatic heterocycles. The van der Waals surface area contributed by atoms with E-state index in [1.54, 1.807) is 11.1 Å². The third kappa shape index (κ3) is 9.27. The number of hydrogen-bond donors (Lipinski definition) is 0. The zero-order valence-corrected chi connectivity index (χ0v) is 31.4. The molecule has 0 amide bonds. The van der Waals surface area contributed by atoms with Crippen molar-refractivity contribution in [1.82, 2.24) is 0 Å². The van der Waals surface area contributed by atoms with Gasteiger partial charge in [0, 0.05) is 0 Å². The van der Waals surface area contributed by atoms with Crippen molar-refractivity contribution >= 4 is 21.5 Å². The Morgan fingerprint density at radius 1 is 0.435 bits per heavy atom. The molecule has 0 nitrogen and oxygen atoms in total. The second kappa shape index (κ2) is 17.0. The molecule has 0 saturated carbocycles. The van der Waals surface area contributed by atoms with Gasteiger partial charge in [0.15, 0.2) is 0 Å². The largest absolute Gasteiger partial charge is 0.0654 e. The monoisotopic (exact) mass is 619 g/mol. The fraction of sp³-hybridized carbons (Fsp3) is 0.565. The Balaban J connectivity index is 2.00. The summed E-state index contributed by atoms with van der Waals surface area (Å²) >= 11 is 0. The molecule has 0 aromatic heterocycles. The van der Waals surface area contributed by atoms with Crippen LogP contribution in [-0.2, 0) is 25.7 Å². The SMILES string of the molecule is CCCCC(CC)Cc1cc(-c2cc(CC(C)C)c3cc(C)cc(CC(C)C)c3c2)cc2c(CC(CC)CCCC)cc(C)cc12. The van der Waals surface area contributed by atoms with Crippen molar-refractivity contribution in [2.45, 2.75) is 146 Å². The molecule has 2 atom stereocenters. The van der Waals surface area contributed by atoms with Gasteiger partial charge in [-0.05, 0) is 130 Å². The molecule has 0 heterocycles. The maximum atomic E-state index is 2.60. The van der Waals surface area contributed by atoms with Gasteiger partial charge in [-0.3, -0.25) is 0 Å². The molecule has 4 rings (SSSR count). The maximum Gasteiger partial charge on any atom is -0.0143 e. The molecule has 0 aliphatic carbocycles. The standard InChI is InChI=1S/C46H66/c1-11-15-17-35(13-3)25-41-22-34(10)24-44-42(26-36(14-4)18-16-12-2)28-38(30-46(41)44)37-27-40(20-32(7)8)43-23-33(9)21-39(19-31(5)6)45(43)29-37/h21-24,27-32,35-36H,11-20,25-26H2,1-10H3. The average Bonchev–Trinajstić information content (AvgIpc) is 3.00. The fourth-order valence-corrected chi connectivity index (χ4v) is 7.94. The summed E-state index contributed by atoms with van der Waals surface area (Å²) in [6, 6.07) is 20.2. The van der Waals surface area contributed by atoms with Gasteiger partial charge in [-0.2, -0.15) is 0 Å². The van der Waals surface area contributed by atoms with E-state index in [1.165, 1.54) is 119 Å². The molecule has 46 heavy (non-hydrogen) atoms. The van der Waals surface area contributed by atoms with Gasteiger partial charge in [0.25, 0.3) is 0 Å². The minimum absolute atomic E-state index is 0.618. The zero-order chi connectivity index (χ0) is 33.4. The summed E-state index contributed by atoms with van der Waals surface area (Å²) in [5.74, 6) is 2.75. The summed E-state index contributed by atoms with van der Waals surface area (Å²) in [6.45, 7) is 23.5. The molecule has 2 unspecified atom stereocenters. The number of fused-ring (bicyclic) bond motifs is 2. The van der Waals surface area contributed by atoms with Crippen molar-refractivity contribution in [3.63, 3.8) is 0 Å². The first-order valence-corrected chi connectivity index (χ1v) is 19.2. The fourth-order valence-electron chi connectivity index (χ4n) is 7.94. The van der Waals surface area contributed by atoms with Gasteiger partial charge in [-0.25, -0.2) is 0 Å². The lowest BCUT2D eigenvalue weighted by atomic mass is 9.83. The highest BCUT2D eigenvalue weighted by Crippen LogP contribution is 2.38. The first kappa shape index (κ1) is 36.2. The van der Waals surface area contributed by atoms with E-state index in [1.807, 2.05) is 0 Å². The van der Waals surface area contributed by atoms with Crippen LogP contribution in [0.1, 0.15) is 140 Å². The van der Waals surface area contributed by atoms with E-state index >= 15 is 0 Å². The third-order valence-corrected chi connectivity index (χ3v) is 10.5. The summed E-state index contributed by atoms with van der Waals surface area (Å²) in [4.78, 5) is 0. The van der Waals surface area contributed by atoms with Gasteiger partial charge in [0.05, 0.1) is 0 Å². The molecular formula is C46H66. The predicted octanol–water partition coefficient (Wildman–Crippen LogP) is 14.2. The summed E-state index contributed by atoms with van der Waals surface area (Å²) in [7, 11) is 0. The summed E-state index contributed by atoms with van der Waals surface area (Å²) in [5, 5.41) is 5.96. The number of benzene rings is 4. The highest BCUT2D eigenvalue weighted by Gasteiger charge is 2.18. The highest BCUT2D eigenvalue weighted by atomic mass is 14.2. The van der Waals surface area contributed by atoms with E-state index in [0.717, 1.165) is 24.7 Å². The number of aryl methyl sites for hydroxylation is 2. The predicted molar refractivity (Wildman–Crippen MR) is 207 cm³/mol. The Bertz CT molecular complexity index is 1570.